The van der Waals surface area contributed by atoms with Gasteiger partial charge in [-0.25, -0.2) is 9.37 Å². The van der Waals surface area contributed by atoms with Crippen LogP contribution in [0.1, 0.15) is 41.8 Å². The summed E-state index contributed by atoms with van der Waals surface area (Å²) in [5.74, 6) is 0.732. The van der Waals surface area contributed by atoms with E-state index in [1.165, 1.54) is 40.0 Å². The second-order valence-electron chi connectivity index (χ2n) is 9.34. The number of hydrogen-bond acceptors (Lipinski definition) is 5. The number of anilines is 1. The average Bonchev–Trinajstić information content (AvgIpc) is 3.42. The van der Waals surface area contributed by atoms with Crippen molar-refractivity contribution < 1.29 is 4.39 Å². The minimum atomic E-state index is -0.398. The van der Waals surface area contributed by atoms with E-state index in [2.05, 4.69) is 39.6 Å². The zero-order valence-corrected chi connectivity index (χ0v) is 18.7. The molecule has 34 heavy (non-hydrogen) atoms. The maximum Gasteiger partial charge on any atom is 0.228 e. The van der Waals surface area contributed by atoms with Crippen molar-refractivity contribution in [1.82, 2.24) is 29.5 Å². The molecular weight excluding hydrogens is 429 g/mol. The van der Waals surface area contributed by atoms with Gasteiger partial charge in [-0.2, -0.15) is 14.6 Å². The molecule has 0 aliphatic heterocycles. The second kappa shape index (κ2) is 7.62. The summed E-state index contributed by atoms with van der Waals surface area (Å²) in [4.78, 5) is 17.2. The monoisotopic (exact) mass is 453 g/mol. The number of aromatic amines is 1. The smallest absolute Gasteiger partial charge is 0.228 e. The largest absolute Gasteiger partial charge is 0.358 e. The second-order valence-corrected chi connectivity index (χ2v) is 9.34. The highest BCUT2D eigenvalue weighted by Crippen LogP contribution is 2.32. The standard InChI is InChI=1S/C26H24FN7/c27-16-11-15(13-28-14-16)24-31-25-19-6-2-4-8-23(19)33-34(25)26(32-24)29-17-9-10-22-20(12-17)18-5-1-3-7-21(18)30-22/h1,3,5,7,11,13-14,17,30H,2,4,6,8-10,12H2,(H,29,31,32)/t17-/m1/s1. The Balaban J connectivity index is 1.31. The first kappa shape index (κ1) is 19.6. The molecule has 2 aliphatic rings. The Kier molecular flexibility index (Phi) is 4.40. The third-order valence-corrected chi connectivity index (χ3v) is 7.15. The number of nitrogens with one attached hydrogen (secondary N) is 2. The van der Waals surface area contributed by atoms with E-state index in [4.69, 9.17) is 15.1 Å². The summed E-state index contributed by atoms with van der Waals surface area (Å²) in [5.41, 5.74) is 7.56. The summed E-state index contributed by atoms with van der Waals surface area (Å²) in [5, 5.41) is 9.85. The number of para-hydroxylation sites is 1. The number of pyridine rings is 1. The van der Waals surface area contributed by atoms with Crippen molar-refractivity contribution in [2.45, 2.75) is 51.0 Å². The number of halogens is 1. The lowest BCUT2D eigenvalue weighted by atomic mass is 9.91. The number of benzene rings is 1. The maximum absolute atomic E-state index is 13.9. The molecule has 1 atom stereocenters. The van der Waals surface area contributed by atoms with Gasteiger partial charge in [0.25, 0.3) is 0 Å². The Morgan fingerprint density at radius 1 is 1.03 bits per heavy atom. The van der Waals surface area contributed by atoms with E-state index < -0.39 is 5.82 Å². The van der Waals surface area contributed by atoms with Crippen LogP contribution in [0.5, 0.6) is 0 Å². The van der Waals surface area contributed by atoms with Gasteiger partial charge in [0.05, 0.1) is 11.9 Å². The first-order chi connectivity index (χ1) is 16.7. The predicted octanol–water partition coefficient (Wildman–Crippen LogP) is 4.65. The van der Waals surface area contributed by atoms with Crippen LogP contribution in [0.2, 0.25) is 0 Å². The van der Waals surface area contributed by atoms with Gasteiger partial charge in [0.2, 0.25) is 5.95 Å². The molecule has 4 heterocycles. The molecule has 8 heteroatoms. The first-order valence-electron chi connectivity index (χ1n) is 12.0. The van der Waals surface area contributed by atoms with Gasteiger partial charge < -0.3 is 10.3 Å². The average molecular weight is 454 g/mol. The van der Waals surface area contributed by atoms with Crippen LogP contribution >= 0.6 is 0 Å². The molecule has 0 saturated carbocycles. The van der Waals surface area contributed by atoms with Crippen molar-refractivity contribution in [3.05, 3.63) is 71.1 Å². The van der Waals surface area contributed by atoms with Gasteiger partial charge in [-0.05, 0) is 62.6 Å². The molecule has 0 saturated heterocycles. The van der Waals surface area contributed by atoms with E-state index in [1.807, 2.05) is 4.52 Å². The number of aryl methyl sites for hydroxylation is 3. The van der Waals surface area contributed by atoms with Crippen molar-refractivity contribution in [1.29, 1.82) is 0 Å². The quantitative estimate of drug-likeness (QED) is 0.415. The third kappa shape index (κ3) is 3.16. The molecule has 0 radical (unpaired) electrons. The Morgan fingerprint density at radius 2 is 1.94 bits per heavy atom. The lowest BCUT2D eigenvalue weighted by Gasteiger charge is -2.24. The molecule has 5 aromatic rings. The number of nitrogens with zero attached hydrogens (tertiary/aromatic N) is 5. The van der Waals surface area contributed by atoms with Gasteiger partial charge in [0.1, 0.15) is 5.82 Å². The fourth-order valence-electron chi connectivity index (χ4n) is 5.50. The molecule has 1 aromatic carbocycles. The summed E-state index contributed by atoms with van der Waals surface area (Å²) >= 11 is 0. The van der Waals surface area contributed by atoms with E-state index >= 15 is 0 Å². The Morgan fingerprint density at radius 3 is 2.88 bits per heavy atom. The summed E-state index contributed by atoms with van der Waals surface area (Å²) < 4.78 is 15.8. The minimum Gasteiger partial charge on any atom is -0.358 e. The third-order valence-electron chi connectivity index (χ3n) is 7.15. The fourth-order valence-corrected chi connectivity index (χ4v) is 5.50. The molecule has 2 N–H and O–H groups in total. The Bertz CT molecular complexity index is 1550. The molecular formula is C26H24FN7. The van der Waals surface area contributed by atoms with Crippen LogP contribution in [-0.4, -0.2) is 35.6 Å². The zero-order valence-electron chi connectivity index (χ0n) is 18.7. The normalized spacial score (nSPS) is 17.6. The predicted molar refractivity (Wildman–Crippen MR) is 128 cm³/mol. The van der Waals surface area contributed by atoms with Crippen LogP contribution in [0.25, 0.3) is 27.9 Å². The highest BCUT2D eigenvalue weighted by atomic mass is 19.1. The van der Waals surface area contributed by atoms with E-state index in [1.54, 1.807) is 6.20 Å². The lowest BCUT2D eigenvalue weighted by Crippen LogP contribution is -2.29. The van der Waals surface area contributed by atoms with Crippen LogP contribution in [-0.2, 0) is 25.7 Å². The molecule has 2 aliphatic carbocycles. The van der Waals surface area contributed by atoms with Crippen molar-refractivity contribution >= 4 is 22.5 Å². The summed E-state index contributed by atoms with van der Waals surface area (Å²) in [6, 6.07) is 10.1. The van der Waals surface area contributed by atoms with E-state index in [9.17, 15) is 4.39 Å². The fraction of sp³-hybridized carbons (Fsp3) is 0.308. The summed E-state index contributed by atoms with van der Waals surface area (Å²) in [6.45, 7) is 0. The van der Waals surface area contributed by atoms with Gasteiger partial charge in [-0.3, -0.25) is 4.98 Å². The van der Waals surface area contributed by atoms with Gasteiger partial charge in [-0.1, -0.05) is 18.2 Å². The molecule has 0 bridgehead atoms. The van der Waals surface area contributed by atoms with Crippen LogP contribution in [0.4, 0.5) is 10.3 Å². The zero-order chi connectivity index (χ0) is 22.6. The highest BCUT2D eigenvalue weighted by Gasteiger charge is 2.26. The first-order valence-corrected chi connectivity index (χ1v) is 12.0. The number of rotatable bonds is 3. The number of hydrogen-bond donors (Lipinski definition) is 2. The number of fused-ring (bicyclic) bond motifs is 6. The van der Waals surface area contributed by atoms with E-state index in [-0.39, 0.29) is 6.04 Å². The SMILES string of the molecule is Fc1cncc(-c2nc(N[C@@H]3CCc4[nH]c5ccccc5c4C3)n3nc4c(c3n2)CCCC4)c1. The van der Waals surface area contributed by atoms with Gasteiger partial charge >= 0.3 is 0 Å². The van der Waals surface area contributed by atoms with Crippen LogP contribution in [0.15, 0.2) is 42.7 Å². The summed E-state index contributed by atoms with van der Waals surface area (Å²) in [6.07, 6.45) is 9.86. The van der Waals surface area contributed by atoms with Crippen molar-refractivity contribution in [3.8, 4) is 11.4 Å². The van der Waals surface area contributed by atoms with Gasteiger partial charge in [0.15, 0.2) is 11.5 Å². The molecule has 0 unspecified atom stereocenters. The Labute approximate surface area is 195 Å². The maximum atomic E-state index is 13.9. The van der Waals surface area contributed by atoms with Crippen molar-refractivity contribution in [3.63, 3.8) is 0 Å². The molecule has 7 nitrogen and oxygen atoms in total. The summed E-state index contributed by atoms with van der Waals surface area (Å²) in [7, 11) is 0. The molecule has 0 fully saturated rings. The van der Waals surface area contributed by atoms with E-state index in [0.29, 0.717) is 17.3 Å². The van der Waals surface area contributed by atoms with Gasteiger partial charge in [-0.15, -0.1) is 0 Å². The molecule has 170 valence electrons. The van der Waals surface area contributed by atoms with Crippen molar-refractivity contribution in [2.24, 2.45) is 0 Å². The van der Waals surface area contributed by atoms with Crippen LogP contribution in [0, 0.1) is 5.82 Å². The Hall–Kier alpha value is -3.81. The minimum absolute atomic E-state index is 0.213. The highest BCUT2D eigenvalue weighted by molar-refractivity contribution is 5.85. The van der Waals surface area contributed by atoms with E-state index in [0.717, 1.165) is 56.3 Å². The number of aromatic nitrogens is 6. The van der Waals surface area contributed by atoms with Crippen LogP contribution < -0.4 is 5.32 Å². The molecule has 4 aromatic heterocycles. The number of H-pyrrole nitrogens is 1. The molecule has 0 spiro atoms. The molecule has 7 rings (SSSR count). The lowest BCUT2D eigenvalue weighted by molar-refractivity contribution is 0.599. The van der Waals surface area contributed by atoms with Crippen molar-refractivity contribution in [2.75, 3.05) is 5.32 Å². The topological polar surface area (TPSA) is 83.8 Å². The van der Waals surface area contributed by atoms with Gasteiger partial charge in [0, 0.05) is 40.0 Å². The van der Waals surface area contributed by atoms with Crippen LogP contribution in [0.3, 0.4) is 0 Å². The molecule has 0 amide bonds.